The minimum absolute atomic E-state index is 0.257. The molecule has 21 heavy (non-hydrogen) atoms. The lowest BCUT2D eigenvalue weighted by molar-refractivity contribution is 0.628. The number of hydrogen-bond donors (Lipinski definition) is 2. The van der Waals surface area contributed by atoms with Gasteiger partial charge in [-0.05, 0) is 43.9 Å². The van der Waals surface area contributed by atoms with Crippen molar-refractivity contribution in [2.24, 2.45) is 0 Å². The van der Waals surface area contributed by atoms with Crippen LogP contribution in [0.15, 0.2) is 30.3 Å². The van der Waals surface area contributed by atoms with Crippen molar-refractivity contribution in [3.05, 3.63) is 41.8 Å². The summed E-state index contributed by atoms with van der Waals surface area (Å²) in [5.41, 5.74) is 1.78. The first-order valence-electron chi connectivity index (χ1n) is 7.44. The molecule has 2 aromatic rings. The minimum Gasteiger partial charge on any atom is -0.351 e. The Bertz CT molecular complexity index is 665. The maximum absolute atomic E-state index is 13.3. The zero-order valence-corrected chi connectivity index (χ0v) is 11.6. The molecule has 0 atom stereocenters. The summed E-state index contributed by atoms with van der Waals surface area (Å²) in [5, 5.41) is 6.51. The molecule has 4 nitrogen and oxygen atoms in total. The van der Waals surface area contributed by atoms with Crippen LogP contribution in [0.2, 0.25) is 0 Å². The molecule has 2 fully saturated rings. The van der Waals surface area contributed by atoms with E-state index < -0.39 is 0 Å². The highest BCUT2D eigenvalue weighted by molar-refractivity contribution is 5.58. The van der Waals surface area contributed by atoms with Gasteiger partial charge in [-0.1, -0.05) is 6.07 Å². The molecule has 2 aliphatic carbocycles. The average molecular weight is 284 g/mol. The topological polar surface area (TPSA) is 49.8 Å². The van der Waals surface area contributed by atoms with E-state index in [1.807, 2.05) is 12.1 Å². The third-order valence-electron chi connectivity index (χ3n) is 3.75. The maximum Gasteiger partial charge on any atom is 0.225 e. The van der Waals surface area contributed by atoms with E-state index in [0.29, 0.717) is 23.6 Å². The molecule has 1 heterocycles. The van der Waals surface area contributed by atoms with Crippen molar-refractivity contribution < 1.29 is 4.39 Å². The minimum atomic E-state index is -0.257. The van der Waals surface area contributed by atoms with Gasteiger partial charge in [0.05, 0.1) is 5.69 Å². The fourth-order valence-electron chi connectivity index (χ4n) is 2.31. The van der Waals surface area contributed by atoms with Crippen molar-refractivity contribution in [2.45, 2.75) is 37.6 Å². The van der Waals surface area contributed by atoms with Crippen LogP contribution in [0.25, 0.3) is 0 Å². The highest BCUT2D eigenvalue weighted by atomic mass is 19.1. The van der Waals surface area contributed by atoms with E-state index in [1.165, 1.54) is 37.8 Å². The lowest BCUT2D eigenvalue weighted by Gasteiger charge is -2.10. The van der Waals surface area contributed by atoms with Gasteiger partial charge >= 0.3 is 0 Å². The summed E-state index contributed by atoms with van der Waals surface area (Å²) < 4.78 is 13.3. The Balaban J connectivity index is 1.61. The SMILES string of the molecule is Fc1cccc(Nc2cc(C3CC3)nc(NC3CC3)n2)c1. The number of benzene rings is 1. The van der Waals surface area contributed by atoms with Crippen LogP contribution in [-0.4, -0.2) is 16.0 Å². The lowest BCUT2D eigenvalue weighted by atomic mass is 10.2. The smallest absolute Gasteiger partial charge is 0.225 e. The van der Waals surface area contributed by atoms with Gasteiger partial charge in [-0.25, -0.2) is 9.37 Å². The van der Waals surface area contributed by atoms with Gasteiger partial charge in [-0.3, -0.25) is 0 Å². The van der Waals surface area contributed by atoms with Crippen LogP contribution in [0.3, 0.4) is 0 Å². The number of hydrogen-bond acceptors (Lipinski definition) is 4. The Kier molecular flexibility index (Phi) is 2.98. The molecule has 0 saturated heterocycles. The third kappa shape index (κ3) is 3.12. The van der Waals surface area contributed by atoms with Crippen molar-refractivity contribution in [2.75, 3.05) is 10.6 Å². The highest BCUT2D eigenvalue weighted by Gasteiger charge is 2.27. The average Bonchev–Trinajstić information content (AvgIpc) is 3.33. The molecule has 5 heteroatoms. The summed E-state index contributed by atoms with van der Waals surface area (Å²) in [6.07, 6.45) is 4.76. The van der Waals surface area contributed by atoms with Crippen molar-refractivity contribution in [3.63, 3.8) is 0 Å². The van der Waals surface area contributed by atoms with E-state index in [-0.39, 0.29) is 5.82 Å². The van der Waals surface area contributed by atoms with E-state index in [4.69, 9.17) is 0 Å². The molecule has 0 bridgehead atoms. The lowest BCUT2D eigenvalue weighted by Crippen LogP contribution is -2.08. The van der Waals surface area contributed by atoms with Crippen molar-refractivity contribution in [1.29, 1.82) is 0 Å². The quantitative estimate of drug-likeness (QED) is 0.876. The Hall–Kier alpha value is -2.17. The van der Waals surface area contributed by atoms with Gasteiger partial charge in [0.1, 0.15) is 11.6 Å². The molecule has 0 spiro atoms. The van der Waals surface area contributed by atoms with Crippen molar-refractivity contribution >= 4 is 17.5 Å². The van der Waals surface area contributed by atoms with Gasteiger partial charge in [-0.15, -0.1) is 0 Å². The maximum atomic E-state index is 13.3. The molecule has 0 radical (unpaired) electrons. The molecule has 0 aliphatic heterocycles. The van der Waals surface area contributed by atoms with Crippen LogP contribution in [0.5, 0.6) is 0 Å². The Morgan fingerprint density at radius 3 is 2.62 bits per heavy atom. The summed E-state index contributed by atoms with van der Waals surface area (Å²) in [4.78, 5) is 9.09. The molecule has 108 valence electrons. The highest BCUT2D eigenvalue weighted by Crippen LogP contribution is 2.40. The first-order valence-corrected chi connectivity index (χ1v) is 7.44. The Morgan fingerprint density at radius 2 is 1.90 bits per heavy atom. The van der Waals surface area contributed by atoms with Crippen molar-refractivity contribution in [1.82, 2.24) is 9.97 Å². The van der Waals surface area contributed by atoms with Gasteiger partial charge < -0.3 is 10.6 Å². The van der Waals surface area contributed by atoms with Crippen LogP contribution in [0.4, 0.5) is 21.8 Å². The second kappa shape index (κ2) is 4.98. The van der Waals surface area contributed by atoms with Crippen LogP contribution in [-0.2, 0) is 0 Å². The van der Waals surface area contributed by atoms with E-state index >= 15 is 0 Å². The predicted octanol–water partition coefficient (Wildman–Crippen LogP) is 3.81. The molecule has 2 aliphatic rings. The Morgan fingerprint density at radius 1 is 1.05 bits per heavy atom. The zero-order valence-electron chi connectivity index (χ0n) is 11.6. The molecule has 0 amide bonds. The number of aromatic nitrogens is 2. The van der Waals surface area contributed by atoms with E-state index in [1.54, 1.807) is 6.07 Å². The fraction of sp³-hybridized carbons (Fsp3) is 0.375. The molecule has 1 aromatic carbocycles. The molecular formula is C16H17FN4. The summed E-state index contributed by atoms with van der Waals surface area (Å²) in [5.74, 6) is 1.70. The first kappa shape index (κ1) is 12.6. The number of nitrogens with one attached hydrogen (secondary N) is 2. The number of halogens is 1. The van der Waals surface area contributed by atoms with Gasteiger partial charge in [0, 0.05) is 23.7 Å². The summed E-state index contributed by atoms with van der Waals surface area (Å²) in [6.45, 7) is 0. The van der Waals surface area contributed by atoms with Crippen LogP contribution >= 0.6 is 0 Å². The fourth-order valence-corrected chi connectivity index (χ4v) is 2.31. The van der Waals surface area contributed by atoms with E-state index in [2.05, 4.69) is 20.6 Å². The zero-order chi connectivity index (χ0) is 14.2. The summed E-state index contributed by atoms with van der Waals surface area (Å²) in [7, 11) is 0. The second-order valence-electron chi connectivity index (χ2n) is 5.83. The predicted molar refractivity (Wildman–Crippen MR) is 80.3 cm³/mol. The van der Waals surface area contributed by atoms with Crippen molar-refractivity contribution in [3.8, 4) is 0 Å². The van der Waals surface area contributed by atoms with Gasteiger partial charge in [-0.2, -0.15) is 4.98 Å². The first-order chi connectivity index (χ1) is 10.3. The van der Waals surface area contributed by atoms with Gasteiger partial charge in [0.15, 0.2) is 0 Å². The normalized spacial score (nSPS) is 17.6. The van der Waals surface area contributed by atoms with E-state index in [9.17, 15) is 4.39 Å². The van der Waals surface area contributed by atoms with Crippen LogP contribution in [0.1, 0.15) is 37.3 Å². The number of anilines is 3. The summed E-state index contributed by atoms with van der Waals surface area (Å²) >= 11 is 0. The molecule has 2 saturated carbocycles. The third-order valence-corrected chi connectivity index (χ3v) is 3.75. The summed E-state index contributed by atoms with van der Waals surface area (Å²) in [6, 6.07) is 8.90. The van der Waals surface area contributed by atoms with Crippen LogP contribution in [0, 0.1) is 5.82 Å². The van der Waals surface area contributed by atoms with Crippen LogP contribution < -0.4 is 10.6 Å². The molecular weight excluding hydrogens is 267 g/mol. The molecule has 0 unspecified atom stereocenters. The largest absolute Gasteiger partial charge is 0.351 e. The number of nitrogens with zero attached hydrogens (tertiary/aromatic N) is 2. The molecule has 2 N–H and O–H groups in total. The van der Waals surface area contributed by atoms with E-state index in [0.717, 1.165) is 11.5 Å². The Labute approximate surface area is 122 Å². The van der Waals surface area contributed by atoms with Gasteiger partial charge in [0.2, 0.25) is 5.95 Å². The monoisotopic (exact) mass is 284 g/mol. The van der Waals surface area contributed by atoms with Gasteiger partial charge in [0.25, 0.3) is 0 Å². The number of rotatable bonds is 5. The standard InChI is InChI=1S/C16H17FN4/c17-11-2-1-3-13(8-11)18-15-9-14(10-4-5-10)20-16(21-15)19-12-6-7-12/h1-3,8-10,12H,4-7H2,(H2,18,19,20,21). The molecule has 4 rings (SSSR count). The molecule has 1 aromatic heterocycles. The second-order valence-corrected chi connectivity index (χ2v) is 5.83.